The van der Waals surface area contributed by atoms with Crippen LogP contribution in [0.4, 0.5) is 0 Å². The molecule has 1 aromatic heterocycles. The van der Waals surface area contributed by atoms with Crippen molar-refractivity contribution >= 4 is 0 Å². The normalized spacial score (nSPS) is 27.2. The molecular weight excluding hydrogens is 262 g/mol. The van der Waals surface area contributed by atoms with Crippen molar-refractivity contribution in [2.24, 2.45) is 11.3 Å². The minimum absolute atomic E-state index is 0.629. The van der Waals surface area contributed by atoms with Crippen molar-refractivity contribution in [3.05, 3.63) is 18.0 Å². The van der Waals surface area contributed by atoms with Crippen LogP contribution in [-0.4, -0.2) is 14.9 Å². The summed E-state index contributed by atoms with van der Waals surface area (Å²) in [4.78, 5) is 0. The molecule has 116 valence electrons. The molecule has 0 spiro atoms. The van der Waals surface area contributed by atoms with Gasteiger partial charge in [0.25, 0.3) is 0 Å². The van der Waals surface area contributed by atoms with Crippen molar-refractivity contribution in [1.82, 2.24) is 9.78 Å². The Balaban J connectivity index is 2.14. The Labute approximate surface area is 127 Å². The van der Waals surface area contributed by atoms with E-state index < -0.39 is 11.5 Å². The second-order valence-corrected chi connectivity index (χ2v) is 6.38. The van der Waals surface area contributed by atoms with Gasteiger partial charge in [0.1, 0.15) is 6.10 Å². The molecule has 0 amide bonds. The number of aliphatic hydroxyl groups is 1. The minimum Gasteiger partial charge on any atom is -0.385 e. The molecule has 1 N–H and O–H groups in total. The molecule has 2 rings (SSSR count). The first kappa shape index (κ1) is 16.0. The Kier molecular flexibility index (Phi) is 5.41. The quantitative estimate of drug-likeness (QED) is 0.865. The summed E-state index contributed by atoms with van der Waals surface area (Å²) < 4.78 is 1.85. The van der Waals surface area contributed by atoms with E-state index >= 15 is 0 Å². The minimum atomic E-state index is -0.723. The third-order valence-corrected chi connectivity index (χ3v) is 4.91. The molecule has 1 unspecified atom stereocenters. The maximum Gasteiger partial charge on any atom is 0.114 e. The third kappa shape index (κ3) is 3.29. The molecule has 4 nitrogen and oxygen atoms in total. The monoisotopic (exact) mass is 289 g/mol. The molecule has 0 aromatic carbocycles. The van der Waals surface area contributed by atoms with Gasteiger partial charge in [-0.25, -0.2) is 0 Å². The fourth-order valence-electron chi connectivity index (χ4n) is 3.59. The predicted octanol–water partition coefficient (Wildman–Crippen LogP) is 3.83. The second kappa shape index (κ2) is 7.09. The highest BCUT2D eigenvalue weighted by Gasteiger charge is 2.43. The molecule has 1 aromatic rings. The SMILES string of the molecule is CCCC1CCC(C#N)(C(O)c2ccnn2CCC)CC1. The average Bonchev–Trinajstić information content (AvgIpc) is 2.96. The molecule has 1 aliphatic rings. The lowest BCUT2D eigenvalue weighted by atomic mass is 9.67. The largest absolute Gasteiger partial charge is 0.385 e. The molecule has 0 saturated heterocycles. The number of rotatable bonds is 6. The van der Waals surface area contributed by atoms with Crippen molar-refractivity contribution in [3.8, 4) is 6.07 Å². The maximum atomic E-state index is 10.8. The van der Waals surface area contributed by atoms with E-state index in [1.165, 1.54) is 12.8 Å². The first-order valence-electron chi connectivity index (χ1n) is 8.28. The van der Waals surface area contributed by atoms with Crippen LogP contribution in [0.5, 0.6) is 0 Å². The summed E-state index contributed by atoms with van der Waals surface area (Å²) in [5, 5.41) is 24.8. The number of nitrogens with zero attached hydrogens (tertiary/aromatic N) is 3. The molecule has 1 fully saturated rings. The highest BCUT2D eigenvalue weighted by Crippen LogP contribution is 2.47. The number of hydrogen-bond donors (Lipinski definition) is 1. The van der Waals surface area contributed by atoms with Gasteiger partial charge in [0.2, 0.25) is 0 Å². The molecule has 4 heteroatoms. The lowest BCUT2D eigenvalue weighted by Gasteiger charge is -2.38. The standard InChI is InChI=1S/C17H27N3O/c1-3-5-14-6-9-17(13-18,10-7-14)16(21)15-8-11-19-20(15)12-4-2/h8,11,14,16,21H,3-7,9-10,12H2,1-2H3. The molecule has 1 saturated carbocycles. The maximum absolute atomic E-state index is 10.8. The summed E-state index contributed by atoms with van der Waals surface area (Å²) in [7, 11) is 0. The van der Waals surface area contributed by atoms with Crippen molar-refractivity contribution in [2.75, 3.05) is 0 Å². The molecule has 0 bridgehead atoms. The third-order valence-electron chi connectivity index (χ3n) is 4.91. The smallest absolute Gasteiger partial charge is 0.114 e. The number of aliphatic hydroxyl groups excluding tert-OH is 1. The van der Waals surface area contributed by atoms with Gasteiger partial charge in [0, 0.05) is 12.7 Å². The number of hydrogen-bond acceptors (Lipinski definition) is 3. The Morgan fingerprint density at radius 2 is 2.14 bits per heavy atom. The number of aryl methyl sites for hydroxylation is 1. The zero-order valence-electron chi connectivity index (χ0n) is 13.3. The Morgan fingerprint density at radius 1 is 1.43 bits per heavy atom. The van der Waals surface area contributed by atoms with Gasteiger partial charge in [-0.3, -0.25) is 4.68 Å². The van der Waals surface area contributed by atoms with Gasteiger partial charge in [0.05, 0.1) is 17.2 Å². The van der Waals surface area contributed by atoms with Crippen molar-refractivity contribution in [2.45, 2.75) is 71.4 Å². The Morgan fingerprint density at radius 3 is 2.71 bits per heavy atom. The first-order chi connectivity index (χ1) is 10.2. The van der Waals surface area contributed by atoms with Gasteiger partial charge in [-0.15, -0.1) is 0 Å². The summed E-state index contributed by atoms with van der Waals surface area (Å²) in [5.74, 6) is 0.726. The van der Waals surface area contributed by atoms with E-state index in [4.69, 9.17) is 0 Å². The fourth-order valence-corrected chi connectivity index (χ4v) is 3.59. The van der Waals surface area contributed by atoms with Crippen molar-refractivity contribution in [1.29, 1.82) is 5.26 Å². The second-order valence-electron chi connectivity index (χ2n) is 6.38. The molecule has 21 heavy (non-hydrogen) atoms. The Hall–Kier alpha value is -1.34. The van der Waals surface area contributed by atoms with Crippen LogP contribution in [0.3, 0.4) is 0 Å². The topological polar surface area (TPSA) is 61.8 Å². The summed E-state index contributed by atoms with van der Waals surface area (Å²) in [6, 6.07) is 4.31. The predicted molar refractivity (Wildman–Crippen MR) is 82.4 cm³/mol. The summed E-state index contributed by atoms with van der Waals surface area (Å²) in [6.45, 7) is 5.09. The molecule has 1 atom stereocenters. The molecule has 1 heterocycles. The van der Waals surface area contributed by atoms with Crippen LogP contribution in [0.2, 0.25) is 0 Å². The highest BCUT2D eigenvalue weighted by atomic mass is 16.3. The van der Waals surface area contributed by atoms with E-state index in [1.54, 1.807) is 6.20 Å². The van der Waals surface area contributed by atoms with Gasteiger partial charge < -0.3 is 5.11 Å². The van der Waals surface area contributed by atoms with Gasteiger partial charge in [0.15, 0.2) is 0 Å². The zero-order valence-corrected chi connectivity index (χ0v) is 13.3. The Bertz CT molecular complexity index is 480. The number of nitriles is 1. The fraction of sp³-hybridized carbons (Fsp3) is 0.765. The summed E-state index contributed by atoms with van der Waals surface area (Å²) in [6.07, 6.45) is 8.13. The first-order valence-corrected chi connectivity index (χ1v) is 8.28. The lowest BCUT2D eigenvalue weighted by molar-refractivity contribution is 0.0175. The van der Waals surface area contributed by atoms with Crippen LogP contribution in [0.25, 0.3) is 0 Å². The van der Waals surface area contributed by atoms with Gasteiger partial charge in [-0.2, -0.15) is 10.4 Å². The van der Waals surface area contributed by atoms with Crippen LogP contribution in [0.15, 0.2) is 12.3 Å². The van der Waals surface area contributed by atoms with E-state index in [9.17, 15) is 10.4 Å². The van der Waals surface area contributed by atoms with E-state index in [-0.39, 0.29) is 0 Å². The zero-order chi connectivity index (χ0) is 15.3. The van der Waals surface area contributed by atoms with E-state index in [2.05, 4.69) is 25.0 Å². The van der Waals surface area contributed by atoms with Gasteiger partial charge >= 0.3 is 0 Å². The van der Waals surface area contributed by atoms with E-state index in [0.29, 0.717) is 0 Å². The van der Waals surface area contributed by atoms with Gasteiger partial charge in [-0.05, 0) is 44.1 Å². The van der Waals surface area contributed by atoms with Crippen LogP contribution >= 0.6 is 0 Å². The van der Waals surface area contributed by atoms with E-state index in [0.717, 1.165) is 50.3 Å². The van der Waals surface area contributed by atoms with Gasteiger partial charge in [-0.1, -0.05) is 26.7 Å². The van der Waals surface area contributed by atoms with E-state index in [1.807, 2.05) is 10.7 Å². The molecule has 0 radical (unpaired) electrons. The van der Waals surface area contributed by atoms with Crippen LogP contribution < -0.4 is 0 Å². The summed E-state index contributed by atoms with van der Waals surface area (Å²) >= 11 is 0. The average molecular weight is 289 g/mol. The highest BCUT2D eigenvalue weighted by molar-refractivity contribution is 5.16. The lowest BCUT2D eigenvalue weighted by Crippen LogP contribution is -2.33. The van der Waals surface area contributed by atoms with Crippen molar-refractivity contribution in [3.63, 3.8) is 0 Å². The molecule has 1 aliphatic carbocycles. The number of aromatic nitrogens is 2. The van der Waals surface area contributed by atoms with Crippen molar-refractivity contribution < 1.29 is 5.11 Å². The van der Waals surface area contributed by atoms with Crippen LogP contribution in [0, 0.1) is 22.7 Å². The summed E-state index contributed by atoms with van der Waals surface area (Å²) in [5.41, 5.74) is 0.169. The molecular formula is C17H27N3O. The molecule has 0 aliphatic heterocycles. The van der Waals surface area contributed by atoms with Crippen LogP contribution in [-0.2, 0) is 6.54 Å². The van der Waals surface area contributed by atoms with Crippen LogP contribution in [0.1, 0.15) is 70.6 Å².